The number of oxazole rings is 1. The van der Waals surface area contributed by atoms with Gasteiger partial charge in [0.25, 0.3) is 5.91 Å². The van der Waals surface area contributed by atoms with Crippen LogP contribution >= 0.6 is 11.6 Å². The molecular formula is C21H20ClN3O3. The molecule has 0 unspecified atom stereocenters. The smallest absolute Gasteiger partial charge is 0.251 e. The van der Waals surface area contributed by atoms with Crippen molar-refractivity contribution in [1.29, 1.82) is 0 Å². The van der Waals surface area contributed by atoms with Gasteiger partial charge in [0, 0.05) is 42.6 Å². The van der Waals surface area contributed by atoms with Gasteiger partial charge in [-0.2, -0.15) is 0 Å². The summed E-state index contributed by atoms with van der Waals surface area (Å²) in [7, 11) is 1.59. The highest BCUT2D eigenvalue weighted by Crippen LogP contribution is 2.22. The number of amides is 2. The van der Waals surface area contributed by atoms with Crippen molar-refractivity contribution >= 4 is 23.4 Å². The van der Waals surface area contributed by atoms with Crippen LogP contribution in [0.4, 0.5) is 0 Å². The Balaban J connectivity index is 1.47. The van der Waals surface area contributed by atoms with Gasteiger partial charge in [0.05, 0.1) is 6.20 Å². The lowest BCUT2D eigenvalue weighted by molar-refractivity contribution is -0.121. The van der Waals surface area contributed by atoms with Crippen LogP contribution in [0.2, 0.25) is 5.02 Å². The Bertz CT molecular complexity index is 950. The molecular weight excluding hydrogens is 378 g/mol. The number of carbonyl (C=O) groups is 2. The molecule has 2 amide bonds. The molecule has 7 heteroatoms. The normalized spacial score (nSPS) is 10.5. The molecule has 0 radical (unpaired) electrons. The summed E-state index contributed by atoms with van der Waals surface area (Å²) in [5.74, 6) is 0.916. The van der Waals surface area contributed by atoms with Crippen molar-refractivity contribution < 1.29 is 14.0 Å². The highest BCUT2D eigenvalue weighted by Gasteiger charge is 2.09. The van der Waals surface area contributed by atoms with E-state index in [0.29, 0.717) is 35.2 Å². The van der Waals surface area contributed by atoms with Gasteiger partial charge in [0.15, 0.2) is 11.7 Å². The summed E-state index contributed by atoms with van der Waals surface area (Å²) in [5, 5.41) is 6.08. The summed E-state index contributed by atoms with van der Waals surface area (Å²) in [4.78, 5) is 27.8. The molecule has 144 valence electrons. The third-order valence-electron chi connectivity index (χ3n) is 4.18. The second kappa shape index (κ2) is 9.19. The van der Waals surface area contributed by atoms with E-state index in [0.717, 1.165) is 11.1 Å². The van der Waals surface area contributed by atoms with E-state index < -0.39 is 0 Å². The van der Waals surface area contributed by atoms with Crippen LogP contribution in [0.5, 0.6) is 0 Å². The summed E-state index contributed by atoms with van der Waals surface area (Å²) in [5.41, 5.74) is 2.38. The van der Waals surface area contributed by atoms with Crippen LogP contribution in [0.15, 0.2) is 59.1 Å². The predicted octanol–water partition coefficient (Wildman–Crippen LogP) is 3.60. The molecule has 0 spiro atoms. The maximum absolute atomic E-state index is 12.1. The van der Waals surface area contributed by atoms with Gasteiger partial charge in [-0.3, -0.25) is 9.59 Å². The van der Waals surface area contributed by atoms with Crippen LogP contribution < -0.4 is 10.6 Å². The molecule has 6 nitrogen and oxygen atoms in total. The number of hydrogen-bond donors (Lipinski definition) is 2. The molecule has 0 saturated carbocycles. The van der Waals surface area contributed by atoms with Gasteiger partial charge in [-0.05, 0) is 42.0 Å². The van der Waals surface area contributed by atoms with Gasteiger partial charge in [-0.15, -0.1) is 0 Å². The molecule has 0 bridgehead atoms. The SMILES string of the molecule is CNC(=O)c1ccc(CNC(=O)CCc2ncc(-c3ccc(Cl)cc3)o2)cc1. The number of rotatable bonds is 7. The minimum atomic E-state index is -0.139. The number of benzene rings is 2. The van der Waals surface area contributed by atoms with E-state index in [9.17, 15) is 9.59 Å². The zero-order chi connectivity index (χ0) is 19.9. The second-order valence-corrected chi connectivity index (χ2v) is 6.61. The molecule has 3 aromatic rings. The Morgan fingerprint density at radius 2 is 1.79 bits per heavy atom. The number of nitrogens with one attached hydrogen (secondary N) is 2. The average Bonchev–Trinajstić information content (AvgIpc) is 3.20. The number of halogens is 1. The van der Waals surface area contributed by atoms with Gasteiger partial charge in [0.2, 0.25) is 5.91 Å². The number of hydrogen-bond acceptors (Lipinski definition) is 4. The first kappa shape index (κ1) is 19.6. The van der Waals surface area contributed by atoms with Crippen molar-refractivity contribution in [3.05, 3.63) is 76.8 Å². The Hall–Kier alpha value is -3.12. The van der Waals surface area contributed by atoms with Crippen molar-refractivity contribution in [2.75, 3.05) is 7.05 Å². The summed E-state index contributed by atoms with van der Waals surface area (Å²) in [6.07, 6.45) is 2.33. The topological polar surface area (TPSA) is 84.2 Å². The van der Waals surface area contributed by atoms with Gasteiger partial charge >= 0.3 is 0 Å². The van der Waals surface area contributed by atoms with E-state index in [1.54, 1.807) is 37.5 Å². The third-order valence-corrected chi connectivity index (χ3v) is 4.43. The van der Waals surface area contributed by atoms with E-state index in [1.807, 2.05) is 24.3 Å². The third kappa shape index (κ3) is 5.20. The summed E-state index contributed by atoms with van der Waals surface area (Å²) in [6, 6.07) is 14.4. The van der Waals surface area contributed by atoms with Crippen molar-refractivity contribution in [1.82, 2.24) is 15.6 Å². The van der Waals surface area contributed by atoms with Crippen molar-refractivity contribution in [3.8, 4) is 11.3 Å². The van der Waals surface area contributed by atoms with Crippen molar-refractivity contribution in [2.45, 2.75) is 19.4 Å². The quantitative estimate of drug-likeness (QED) is 0.638. The summed E-state index contributed by atoms with van der Waals surface area (Å²) >= 11 is 5.88. The highest BCUT2D eigenvalue weighted by molar-refractivity contribution is 6.30. The van der Waals surface area contributed by atoms with Crippen LogP contribution in [0.1, 0.15) is 28.2 Å². The van der Waals surface area contributed by atoms with Crippen LogP contribution in [0, 0.1) is 0 Å². The molecule has 2 N–H and O–H groups in total. The highest BCUT2D eigenvalue weighted by atomic mass is 35.5. The molecule has 0 fully saturated rings. The van der Waals surface area contributed by atoms with E-state index in [4.69, 9.17) is 16.0 Å². The lowest BCUT2D eigenvalue weighted by Crippen LogP contribution is -2.23. The lowest BCUT2D eigenvalue weighted by atomic mass is 10.1. The Kier molecular flexibility index (Phi) is 6.45. The maximum Gasteiger partial charge on any atom is 0.251 e. The molecule has 0 saturated heterocycles. The number of aryl methyl sites for hydroxylation is 1. The fourth-order valence-corrected chi connectivity index (χ4v) is 2.73. The monoisotopic (exact) mass is 397 g/mol. The van der Waals surface area contributed by atoms with Crippen molar-refractivity contribution in [2.24, 2.45) is 0 Å². The first-order valence-electron chi connectivity index (χ1n) is 8.83. The van der Waals surface area contributed by atoms with E-state index in [1.165, 1.54) is 0 Å². The standard InChI is InChI=1S/C21H20ClN3O3/c1-23-21(27)16-4-2-14(3-5-16)12-24-19(26)10-11-20-25-13-18(28-20)15-6-8-17(22)9-7-15/h2-9,13H,10-12H2,1H3,(H,23,27)(H,24,26). The largest absolute Gasteiger partial charge is 0.441 e. The average molecular weight is 398 g/mol. The Labute approximate surface area is 167 Å². The molecule has 1 aromatic heterocycles. The fourth-order valence-electron chi connectivity index (χ4n) is 2.60. The zero-order valence-electron chi connectivity index (χ0n) is 15.4. The number of carbonyl (C=O) groups excluding carboxylic acids is 2. The number of nitrogens with zero attached hydrogens (tertiary/aromatic N) is 1. The maximum atomic E-state index is 12.1. The van der Waals surface area contributed by atoms with E-state index in [2.05, 4.69) is 15.6 Å². The molecule has 2 aromatic carbocycles. The van der Waals surface area contributed by atoms with E-state index >= 15 is 0 Å². The first-order chi connectivity index (χ1) is 13.5. The molecule has 28 heavy (non-hydrogen) atoms. The summed E-state index contributed by atoms with van der Waals surface area (Å²) in [6.45, 7) is 0.397. The van der Waals surface area contributed by atoms with Crippen LogP contribution in [-0.2, 0) is 17.8 Å². The number of aromatic nitrogens is 1. The molecule has 0 aliphatic carbocycles. The van der Waals surface area contributed by atoms with Gasteiger partial charge in [0.1, 0.15) is 0 Å². The van der Waals surface area contributed by atoms with Crippen LogP contribution in [-0.4, -0.2) is 23.8 Å². The Morgan fingerprint density at radius 3 is 2.46 bits per heavy atom. The first-order valence-corrected chi connectivity index (χ1v) is 9.21. The van der Waals surface area contributed by atoms with Gasteiger partial charge in [-0.1, -0.05) is 23.7 Å². The second-order valence-electron chi connectivity index (χ2n) is 6.18. The molecule has 1 heterocycles. The van der Waals surface area contributed by atoms with Crippen LogP contribution in [0.3, 0.4) is 0 Å². The Morgan fingerprint density at radius 1 is 1.07 bits per heavy atom. The molecule has 0 atom stereocenters. The fraction of sp³-hybridized carbons (Fsp3) is 0.190. The molecule has 0 aliphatic rings. The van der Waals surface area contributed by atoms with Crippen molar-refractivity contribution in [3.63, 3.8) is 0 Å². The summed E-state index contributed by atoms with van der Waals surface area (Å²) < 4.78 is 5.70. The minimum absolute atomic E-state index is 0.0957. The molecule has 3 rings (SSSR count). The van der Waals surface area contributed by atoms with E-state index in [-0.39, 0.29) is 18.2 Å². The zero-order valence-corrected chi connectivity index (χ0v) is 16.1. The van der Waals surface area contributed by atoms with Gasteiger partial charge < -0.3 is 15.1 Å². The van der Waals surface area contributed by atoms with Crippen LogP contribution in [0.25, 0.3) is 11.3 Å². The lowest BCUT2D eigenvalue weighted by Gasteiger charge is -2.06. The minimum Gasteiger partial charge on any atom is -0.441 e. The molecule has 0 aliphatic heterocycles. The predicted molar refractivity (Wildman–Crippen MR) is 107 cm³/mol. The van der Waals surface area contributed by atoms with Gasteiger partial charge in [-0.25, -0.2) is 4.98 Å².